The zero-order valence-corrected chi connectivity index (χ0v) is 21.4. The summed E-state index contributed by atoms with van der Waals surface area (Å²) in [5.41, 5.74) is 9.44. The van der Waals surface area contributed by atoms with E-state index < -0.39 is 0 Å². The van der Waals surface area contributed by atoms with Crippen molar-refractivity contribution in [2.75, 3.05) is 0 Å². The predicted molar refractivity (Wildman–Crippen MR) is 159 cm³/mol. The first-order valence-electron chi connectivity index (χ1n) is 13.0. The lowest BCUT2D eigenvalue weighted by Gasteiger charge is -2.11. The van der Waals surface area contributed by atoms with Crippen LogP contribution in [0.3, 0.4) is 0 Å². The molecule has 0 radical (unpaired) electrons. The van der Waals surface area contributed by atoms with Crippen LogP contribution in [0.4, 0.5) is 0 Å². The fourth-order valence-electron chi connectivity index (χ4n) is 5.00. The summed E-state index contributed by atoms with van der Waals surface area (Å²) in [6.45, 7) is 2.13. The number of hydrogen-bond acceptors (Lipinski definition) is 4. The second kappa shape index (κ2) is 9.58. The highest BCUT2D eigenvalue weighted by molar-refractivity contribution is 6.05. The SMILES string of the molecule is Cc1cc(-c2ccccc2)nc2c1ccc1ccc(-c3nc(-c4ccccc4)cc(-c4ccccc4)n3)nc12. The van der Waals surface area contributed by atoms with E-state index in [2.05, 4.69) is 67.6 Å². The Balaban J connectivity index is 1.45. The fourth-order valence-corrected chi connectivity index (χ4v) is 5.00. The van der Waals surface area contributed by atoms with Crippen molar-refractivity contribution in [3.63, 3.8) is 0 Å². The summed E-state index contributed by atoms with van der Waals surface area (Å²) < 4.78 is 0. The normalized spacial score (nSPS) is 11.2. The molecule has 7 rings (SSSR count). The molecular weight excluding hydrogens is 476 g/mol. The molecule has 0 bridgehead atoms. The number of nitrogens with zero attached hydrogens (tertiary/aromatic N) is 4. The van der Waals surface area contributed by atoms with Gasteiger partial charge in [-0.15, -0.1) is 0 Å². The quantitative estimate of drug-likeness (QED) is 0.227. The molecule has 0 saturated carbocycles. The Morgan fingerprint density at radius 2 is 0.897 bits per heavy atom. The van der Waals surface area contributed by atoms with Gasteiger partial charge >= 0.3 is 0 Å². The van der Waals surface area contributed by atoms with Crippen LogP contribution in [0.1, 0.15) is 5.56 Å². The van der Waals surface area contributed by atoms with E-state index in [-0.39, 0.29) is 0 Å². The molecular formula is C35H24N4. The van der Waals surface area contributed by atoms with Gasteiger partial charge < -0.3 is 0 Å². The third kappa shape index (κ3) is 4.32. The molecule has 0 fully saturated rings. The third-order valence-electron chi connectivity index (χ3n) is 7.01. The minimum atomic E-state index is 0.588. The molecule has 39 heavy (non-hydrogen) atoms. The van der Waals surface area contributed by atoms with E-state index in [1.54, 1.807) is 0 Å². The molecule has 0 atom stereocenters. The van der Waals surface area contributed by atoms with Crippen LogP contribution in [-0.4, -0.2) is 19.9 Å². The minimum absolute atomic E-state index is 0.588. The van der Waals surface area contributed by atoms with Crippen LogP contribution in [-0.2, 0) is 0 Å². The van der Waals surface area contributed by atoms with Crippen LogP contribution in [0.25, 0.3) is 67.1 Å². The van der Waals surface area contributed by atoms with Crippen LogP contribution in [0.5, 0.6) is 0 Å². The molecule has 0 N–H and O–H groups in total. The van der Waals surface area contributed by atoms with Crippen molar-refractivity contribution >= 4 is 21.8 Å². The van der Waals surface area contributed by atoms with Crippen molar-refractivity contribution < 1.29 is 0 Å². The van der Waals surface area contributed by atoms with Gasteiger partial charge in [-0.25, -0.2) is 19.9 Å². The van der Waals surface area contributed by atoms with Crippen molar-refractivity contribution in [3.05, 3.63) is 133 Å². The Hall–Kier alpha value is -5.22. The summed E-state index contributed by atoms with van der Waals surface area (Å²) >= 11 is 0. The summed E-state index contributed by atoms with van der Waals surface area (Å²) in [5, 5.41) is 2.13. The highest BCUT2D eigenvalue weighted by Gasteiger charge is 2.14. The average Bonchev–Trinajstić information content (AvgIpc) is 3.01. The molecule has 0 aliphatic heterocycles. The number of hydrogen-bond donors (Lipinski definition) is 0. The van der Waals surface area contributed by atoms with Crippen molar-refractivity contribution in [1.29, 1.82) is 0 Å². The number of aromatic nitrogens is 4. The Bertz CT molecular complexity index is 1890. The monoisotopic (exact) mass is 500 g/mol. The summed E-state index contributed by atoms with van der Waals surface area (Å²) in [6, 6.07) is 43.2. The Morgan fingerprint density at radius 3 is 1.46 bits per heavy atom. The van der Waals surface area contributed by atoms with E-state index in [9.17, 15) is 0 Å². The van der Waals surface area contributed by atoms with Gasteiger partial charge in [0.1, 0.15) is 5.69 Å². The standard InChI is InChI=1S/C35H24N4/c1-23-21-30(24-11-5-2-6-12-24)37-34-28(23)19-17-27-18-20-29(36-33(27)34)35-38-31(25-13-7-3-8-14-25)22-32(39-35)26-15-9-4-10-16-26/h2-22H,1H3. The highest BCUT2D eigenvalue weighted by atomic mass is 14.9. The lowest BCUT2D eigenvalue weighted by molar-refractivity contribution is 1.16. The topological polar surface area (TPSA) is 51.6 Å². The maximum atomic E-state index is 5.13. The summed E-state index contributed by atoms with van der Waals surface area (Å²) in [7, 11) is 0. The molecule has 0 amide bonds. The first-order chi connectivity index (χ1) is 19.2. The summed E-state index contributed by atoms with van der Waals surface area (Å²) in [4.78, 5) is 20.2. The molecule has 3 heterocycles. The molecule has 4 nitrogen and oxygen atoms in total. The Morgan fingerprint density at radius 1 is 0.410 bits per heavy atom. The lowest BCUT2D eigenvalue weighted by atomic mass is 10.0. The zero-order chi connectivity index (χ0) is 26.2. The average molecular weight is 501 g/mol. The van der Waals surface area contributed by atoms with Crippen LogP contribution in [0.2, 0.25) is 0 Å². The van der Waals surface area contributed by atoms with Gasteiger partial charge in [-0.2, -0.15) is 0 Å². The van der Waals surface area contributed by atoms with Gasteiger partial charge in [0.05, 0.1) is 28.1 Å². The Kier molecular flexibility index (Phi) is 5.64. The highest BCUT2D eigenvalue weighted by Crippen LogP contribution is 2.31. The van der Waals surface area contributed by atoms with Crippen LogP contribution < -0.4 is 0 Å². The largest absolute Gasteiger partial charge is 0.245 e. The second-order valence-electron chi connectivity index (χ2n) is 9.61. The van der Waals surface area contributed by atoms with Gasteiger partial charge in [0, 0.05) is 27.5 Å². The molecule has 0 unspecified atom stereocenters. The van der Waals surface area contributed by atoms with Crippen LogP contribution >= 0.6 is 0 Å². The molecule has 0 spiro atoms. The van der Waals surface area contributed by atoms with E-state index in [0.29, 0.717) is 5.82 Å². The minimum Gasteiger partial charge on any atom is -0.245 e. The summed E-state index contributed by atoms with van der Waals surface area (Å²) in [5.74, 6) is 0.588. The second-order valence-corrected chi connectivity index (χ2v) is 9.61. The van der Waals surface area contributed by atoms with E-state index in [1.165, 1.54) is 5.56 Å². The van der Waals surface area contributed by atoms with Crippen molar-refractivity contribution in [3.8, 4) is 45.3 Å². The van der Waals surface area contributed by atoms with E-state index in [0.717, 1.165) is 61.3 Å². The van der Waals surface area contributed by atoms with Gasteiger partial charge in [0.2, 0.25) is 0 Å². The summed E-state index contributed by atoms with van der Waals surface area (Å²) in [6.07, 6.45) is 0. The first-order valence-corrected chi connectivity index (χ1v) is 13.0. The van der Waals surface area contributed by atoms with Gasteiger partial charge in [-0.05, 0) is 30.7 Å². The van der Waals surface area contributed by atoms with E-state index in [4.69, 9.17) is 19.9 Å². The van der Waals surface area contributed by atoms with Crippen molar-refractivity contribution in [2.24, 2.45) is 0 Å². The zero-order valence-electron chi connectivity index (χ0n) is 21.4. The van der Waals surface area contributed by atoms with Crippen LogP contribution in [0.15, 0.2) is 127 Å². The number of benzene rings is 4. The van der Waals surface area contributed by atoms with E-state index >= 15 is 0 Å². The molecule has 0 saturated heterocycles. The first kappa shape index (κ1) is 22.9. The number of fused-ring (bicyclic) bond motifs is 3. The van der Waals surface area contributed by atoms with Crippen LogP contribution in [0, 0.1) is 6.92 Å². The number of aryl methyl sites for hydroxylation is 1. The molecule has 3 aromatic heterocycles. The molecule has 0 aliphatic rings. The van der Waals surface area contributed by atoms with Crippen molar-refractivity contribution in [1.82, 2.24) is 19.9 Å². The van der Waals surface area contributed by atoms with Crippen molar-refractivity contribution in [2.45, 2.75) is 6.92 Å². The molecule has 0 aliphatic carbocycles. The van der Waals surface area contributed by atoms with Gasteiger partial charge in [-0.1, -0.05) is 109 Å². The van der Waals surface area contributed by atoms with Gasteiger partial charge in [0.15, 0.2) is 5.82 Å². The fraction of sp³-hybridized carbons (Fsp3) is 0.0286. The number of pyridine rings is 2. The maximum Gasteiger partial charge on any atom is 0.179 e. The molecule has 4 heteroatoms. The maximum absolute atomic E-state index is 5.13. The Labute approximate surface area is 226 Å². The third-order valence-corrected chi connectivity index (χ3v) is 7.01. The molecule has 7 aromatic rings. The van der Waals surface area contributed by atoms with Gasteiger partial charge in [-0.3, -0.25) is 0 Å². The smallest absolute Gasteiger partial charge is 0.179 e. The molecule has 184 valence electrons. The number of rotatable bonds is 4. The van der Waals surface area contributed by atoms with E-state index in [1.807, 2.05) is 66.7 Å². The molecule has 4 aromatic carbocycles. The predicted octanol–water partition coefficient (Wildman–Crippen LogP) is 8.55. The van der Waals surface area contributed by atoms with Gasteiger partial charge in [0.25, 0.3) is 0 Å². The lowest BCUT2D eigenvalue weighted by Crippen LogP contribution is -1.98.